The molecule has 2 aliphatic rings. The maximum Gasteiger partial charge on any atom is 0.416 e. The van der Waals surface area contributed by atoms with Crippen molar-refractivity contribution in [2.75, 3.05) is 51.3 Å². The van der Waals surface area contributed by atoms with Crippen molar-refractivity contribution in [1.82, 2.24) is 9.80 Å². The summed E-state index contributed by atoms with van der Waals surface area (Å²) in [6.45, 7) is 4.46. The molecule has 0 unspecified atom stereocenters. The summed E-state index contributed by atoms with van der Waals surface area (Å²) >= 11 is 0. The van der Waals surface area contributed by atoms with Gasteiger partial charge in [0.05, 0.1) is 24.3 Å². The van der Waals surface area contributed by atoms with E-state index in [1.165, 1.54) is 4.90 Å². The first-order chi connectivity index (χ1) is 13.5. The first-order valence-corrected chi connectivity index (χ1v) is 9.18. The van der Waals surface area contributed by atoms with E-state index in [4.69, 9.17) is 4.74 Å². The maximum atomic E-state index is 12.9. The van der Waals surface area contributed by atoms with Gasteiger partial charge in [0, 0.05) is 38.4 Å². The predicted octanol–water partition coefficient (Wildman–Crippen LogP) is 3.91. The van der Waals surface area contributed by atoms with Gasteiger partial charge in [0.1, 0.15) is 0 Å². The minimum Gasteiger partial charge on any atom is -0.379 e. The van der Waals surface area contributed by atoms with Crippen molar-refractivity contribution in [3.8, 4) is 0 Å². The predicted molar refractivity (Wildman–Crippen MR) is 92.4 cm³/mol. The van der Waals surface area contributed by atoms with Crippen LogP contribution in [-0.4, -0.2) is 61.8 Å². The zero-order chi connectivity index (χ0) is 21.2. The van der Waals surface area contributed by atoms with Gasteiger partial charge in [0.2, 0.25) is 0 Å². The summed E-state index contributed by atoms with van der Waals surface area (Å²) in [4.78, 5) is 16.0. The maximum absolute atomic E-state index is 12.9. The lowest BCUT2D eigenvalue weighted by Gasteiger charge is -2.29. The number of halogens is 6. The van der Waals surface area contributed by atoms with Crippen LogP contribution in [-0.2, 0) is 17.1 Å². The highest BCUT2D eigenvalue weighted by atomic mass is 19.4. The molecule has 1 aromatic carbocycles. The van der Waals surface area contributed by atoms with Gasteiger partial charge in [-0.1, -0.05) is 0 Å². The molecule has 0 saturated carbocycles. The van der Waals surface area contributed by atoms with Gasteiger partial charge in [-0.05, 0) is 30.5 Å². The molecule has 1 atom stereocenters. The number of alkyl halides is 6. The molecule has 2 heterocycles. The van der Waals surface area contributed by atoms with Crippen molar-refractivity contribution < 1.29 is 35.9 Å². The fourth-order valence-electron chi connectivity index (χ4n) is 3.54. The molecule has 5 nitrogen and oxygen atoms in total. The topological polar surface area (TPSA) is 44.8 Å². The summed E-state index contributed by atoms with van der Waals surface area (Å²) in [5.74, 6) is 0.200. The van der Waals surface area contributed by atoms with Crippen molar-refractivity contribution in [2.24, 2.45) is 5.92 Å². The van der Waals surface area contributed by atoms with E-state index in [9.17, 15) is 31.1 Å². The molecule has 11 heteroatoms. The molecule has 3 rings (SSSR count). The average molecular weight is 425 g/mol. The van der Waals surface area contributed by atoms with E-state index in [1.54, 1.807) is 0 Å². The summed E-state index contributed by atoms with van der Waals surface area (Å²) in [5.41, 5.74) is -3.46. The van der Waals surface area contributed by atoms with Gasteiger partial charge < -0.3 is 15.0 Å². The second kappa shape index (κ2) is 8.39. The van der Waals surface area contributed by atoms with Crippen LogP contribution in [0, 0.1) is 5.92 Å². The van der Waals surface area contributed by atoms with Crippen molar-refractivity contribution in [1.29, 1.82) is 0 Å². The summed E-state index contributed by atoms with van der Waals surface area (Å²) in [5, 5.41) is 2.19. The molecular weight excluding hydrogens is 404 g/mol. The molecule has 162 valence electrons. The highest BCUT2D eigenvalue weighted by Crippen LogP contribution is 2.37. The number of urea groups is 1. The van der Waals surface area contributed by atoms with Gasteiger partial charge in [0.15, 0.2) is 0 Å². The van der Waals surface area contributed by atoms with Gasteiger partial charge in [0.25, 0.3) is 0 Å². The molecule has 2 fully saturated rings. The Hall–Kier alpha value is -2.01. The fourth-order valence-corrected chi connectivity index (χ4v) is 3.54. The Morgan fingerprint density at radius 3 is 2.14 bits per heavy atom. The summed E-state index contributed by atoms with van der Waals surface area (Å²) in [6.07, 6.45) is -9.20. The molecule has 0 bridgehead atoms. The Balaban J connectivity index is 1.65. The van der Waals surface area contributed by atoms with Gasteiger partial charge in [-0.25, -0.2) is 4.79 Å². The van der Waals surface area contributed by atoms with Crippen LogP contribution in [0.25, 0.3) is 0 Å². The van der Waals surface area contributed by atoms with Gasteiger partial charge >= 0.3 is 18.4 Å². The number of nitrogens with zero attached hydrogens (tertiary/aromatic N) is 2. The molecule has 0 spiro atoms. The van der Waals surface area contributed by atoms with Gasteiger partial charge in [-0.3, -0.25) is 4.90 Å². The third-order valence-corrected chi connectivity index (χ3v) is 5.03. The minimum absolute atomic E-state index is 0.0316. The van der Waals surface area contributed by atoms with E-state index >= 15 is 0 Å². The molecular formula is C18H21F6N3O2. The molecule has 1 aromatic rings. The normalized spacial score (nSPS) is 21.4. The fraction of sp³-hybridized carbons (Fsp3) is 0.611. The standard InChI is InChI=1S/C18H21F6N3O2/c19-17(20,21)13-7-14(18(22,23)24)9-15(8-13)25-16(28)27-2-1-12(11-27)10-26-3-5-29-6-4-26/h7-9,12H,1-6,10-11H2,(H,25,28)/t12-/m1/s1. The monoisotopic (exact) mass is 425 g/mol. The lowest BCUT2D eigenvalue weighted by Crippen LogP contribution is -2.40. The molecule has 2 amide bonds. The van der Waals surface area contributed by atoms with E-state index in [0.717, 1.165) is 26.1 Å². The molecule has 29 heavy (non-hydrogen) atoms. The van der Waals surface area contributed by atoms with Crippen molar-refractivity contribution in [3.05, 3.63) is 29.3 Å². The van der Waals surface area contributed by atoms with E-state index in [2.05, 4.69) is 10.2 Å². The number of morpholine rings is 1. The second-order valence-electron chi connectivity index (χ2n) is 7.24. The summed E-state index contributed by atoms with van der Waals surface area (Å²) < 4.78 is 82.9. The summed E-state index contributed by atoms with van der Waals surface area (Å²) in [7, 11) is 0. The zero-order valence-electron chi connectivity index (χ0n) is 15.4. The molecule has 2 aliphatic heterocycles. The SMILES string of the molecule is O=C(Nc1cc(C(F)(F)F)cc(C(F)(F)F)c1)N1CC[C@H](CN2CCOCC2)C1. The van der Waals surface area contributed by atoms with Crippen LogP contribution < -0.4 is 5.32 Å². The Morgan fingerprint density at radius 1 is 1.00 bits per heavy atom. The van der Waals surface area contributed by atoms with E-state index in [0.29, 0.717) is 38.4 Å². The average Bonchev–Trinajstić information content (AvgIpc) is 3.09. The Bertz CT molecular complexity index is 699. The van der Waals surface area contributed by atoms with Crippen molar-refractivity contribution >= 4 is 11.7 Å². The van der Waals surface area contributed by atoms with Crippen molar-refractivity contribution in [2.45, 2.75) is 18.8 Å². The third kappa shape index (κ3) is 5.75. The molecule has 1 N–H and O–H groups in total. The molecule has 0 aliphatic carbocycles. The number of hydrogen-bond acceptors (Lipinski definition) is 3. The van der Waals surface area contributed by atoms with Crippen LogP contribution in [0.2, 0.25) is 0 Å². The summed E-state index contributed by atoms with van der Waals surface area (Å²) in [6, 6.07) is 0.342. The number of likely N-dealkylation sites (tertiary alicyclic amines) is 1. The number of benzene rings is 1. The third-order valence-electron chi connectivity index (χ3n) is 5.03. The van der Waals surface area contributed by atoms with Crippen LogP contribution in [0.3, 0.4) is 0 Å². The first-order valence-electron chi connectivity index (χ1n) is 9.18. The number of nitrogens with one attached hydrogen (secondary N) is 1. The molecule has 0 aromatic heterocycles. The second-order valence-corrected chi connectivity index (χ2v) is 7.24. The Labute approximate surface area is 163 Å². The van der Waals surface area contributed by atoms with Crippen LogP contribution in [0.4, 0.5) is 36.8 Å². The quantitative estimate of drug-likeness (QED) is 0.747. The number of carbonyl (C=O) groups excluding carboxylic acids is 1. The van der Waals surface area contributed by atoms with E-state index in [1.807, 2.05) is 0 Å². The van der Waals surface area contributed by atoms with Gasteiger partial charge in [-0.15, -0.1) is 0 Å². The van der Waals surface area contributed by atoms with Crippen LogP contribution >= 0.6 is 0 Å². The number of ether oxygens (including phenoxy) is 1. The largest absolute Gasteiger partial charge is 0.416 e. The van der Waals surface area contributed by atoms with Crippen molar-refractivity contribution in [3.63, 3.8) is 0 Å². The van der Waals surface area contributed by atoms with E-state index < -0.39 is 35.2 Å². The highest BCUT2D eigenvalue weighted by Gasteiger charge is 2.37. The number of rotatable bonds is 3. The lowest BCUT2D eigenvalue weighted by molar-refractivity contribution is -0.143. The smallest absolute Gasteiger partial charge is 0.379 e. The lowest BCUT2D eigenvalue weighted by atomic mass is 10.1. The number of hydrogen-bond donors (Lipinski definition) is 1. The Morgan fingerprint density at radius 2 is 1.59 bits per heavy atom. The van der Waals surface area contributed by atoms with E-state index in [-0.39, 0.29) is 12.0 Å². The number of carbonyl (C=O) groups is 1. The van der Waals surface area contributed by atoms with Crippen LogP contribution in [0.15, 0.2) is 18.2 Å². The van der Waals surface area contributed by atoms with Gasteiger partial charge in [-0.2, -0.15) is 26.3 Å². The van der Waals surface area contributed by atoms with Crippen LogP contribution in [0.1, 0.15) is 17.5 Å². The highest BCUT2D eigenvalue weighted by molar-refractivity contribution is 5.89. The van der Waals surface area contributed by atoms with Crippen LogP contribution in [0.5, 0.6) is 0 Å². The molecule has 2 saturated heterocycles. The zero-order valence-corrected chi connectivity index (χ0v) is 15.4. The minimum atomic E-state index is -4.96. The number of anilines is 1. The Kier molecular flexibility index (Phi) is 6.27. The molecule has 0 radical (unpaired) electrons. The first kappa shape index (κ1) is 21.7. The number of amides is 2.